The van der Waals surface area contributed by atoms with Crippen LogP contribution in [0, 0.1) is 24.2 Å². The molecule has 0 radical (unpaired) electrons. The lowest BCUT2D eigenvalue weighted by Crippen LogP contribution is -2.35. The van der Waals surface area contributed by atoms with E-state index in [-0.39, 0.29) is 12.4 Å². The Bertz CT molecular complexity index is 1030. The normalized spacial score (nSPS) is 24.4. The van der Waals surface area contributed by atoms with E-state index in [1.807, 2.05) is 30.3 Å². The number of hydrogen-bond acceptors (Lipinski definition) is 9. The van der Waals surface area contributed by atoms with Crippen molar-refractivity contribution in [3.05, 3.63) is 35.8 Å². The number of nitriles is 1. The summed E-state index contributed by atoms with van der Waals surface area (Å²) in [5.41, 5.74) is 2.11. The number of aliphatic hydroxyl groups is 3. The molecule has 4 atom stereocenters. The lowest BCUT2D eigenvalue weighted by molar-refractivity contribution is 0.00446. The first-order valence-electron chi connectivity index (χ1n) is 8.90. The molecule has 4 rings (SSSR count). The minimum Gasteiger partial charge on any atom is -0.396 e. The van der Waals surface area contributed by atoms with Crippen LogP contribution in [0.2, 0.25) is 0 Å². The summed E-state index contributed by atoms with van der Waals surface area (Å²) in [6, 6.07) is 9.19. The van der Waals surface area contributed by atoms with Crippen LogP contribution < -0.4 is 5.32 Å². The van der Waals surface area contributed by atoms with E-state index in [0.29, 0.717) is 28.5 Å². The summed E-state index contributed by atoms with van der Waals surface area (Å²) in [5.74, 6) is -0.0219. The summed E-state index contributed by atoms with van der Waals surface area (Å²) in [6.45, 7) is 1.57. The second-order valence-electron chi connectivity index (χ2n) is 6.87. The highest BCUT2D eigenvalue weighted by molar-refractivity contribution is 7.21. The molecule has 4 N–H and O–H groups in total. The SMILES string of the molecule is Cc1nc(C#N)nc(N[C@@H]2C[C@H](CO)[C@@H](O)[C@H]2O)c1-c1nc2ccccc2s1. The quantitative estimate of drug-likeness (QED) is 0.519. The summed E-state index contributed by atoms with van der Waals surface area (Å²) < 4.78 is 1.02. The summed E-state index contributed by atoms with van der Waals surface area (Å²) >= 11 is 1.49. The third-order valence-corrected chi connectivity index (χ3v) is 6.11. The molecular weight excluding hydrogens is 378 g/mol. The number of thiazole rings is 1. The Labute approximate surface area is 165 Å². The first-order valence-corrected chi connectivity index (χ1v) is 9.71. The van der Waals surface area contributed by atoms with E-state index < -0.39 is 24.2 Å². The van der Waals surface area contributed by atoms with Gasteiger partial charge in [0, 0.05) is 12.5 Å². The fourth-order valence-corrected chi connectivity index (χ4v) is 4.65. The fraction of sp³-hybridized carbons (Fsp3) is 0.368. The molecule has 0 amide bonds. The molecule has 0 spiro atoms. The average molecular weight is 397 g/mol. The number of fused-ring (bicyclic) bond motifs is 1. The monoisotopic (exact) mass is 397 g/mol. The molecule has 0 aliphatic heterocycles. The van der Waals surface area contributed by atoms with Gasteiger partial charge in [-0.05, 0) is 25.5 Å². The molecule has 0 saturated heterocycles. The third kappa shape index (κ3) is 3.21. The Morgan fingerprint density at radius 2 is 2.00 bits per heavy atom. The van der Waals surface area contributed by atoms with Gasteiger partial charge in [0.1, 0.15) is 23.0 Å². The van der Waals surface area contributed by atoms with E-state index in [0.717, 1.165) is 10.2 Å². The summed E-state index contributed by atoms with van der Waals surface area (Å²) in [4.78, 5) is 13.2. The molecule has 1 aromatic carbocycles. The molecule has 2 heterocycles. The largest absolute Gasteiger partial charge is 0.396 e. The van der Waals surface area contributed by atoms with Gasteiger partial charge < -0.3 is 20.6 Å². The van der Waals surface area contributed by atoms with Crippen molar-refractivity contribution >= 4 is 27.4 Å². The maximum Gasteiger partial charge on any atom is 0.234 e. The molecule has 28 heavy (non-hydrogen) atoms. The molecule has 1 fully saturated rings. The van der Waals surface area contributed by atoms with Crippen molar-refractivity contribution in [1.29, 1.82) is 5.26 Å². The molecule has 144 valence electrons. The van der Waals surface area contributed by atoms with Crippen molar-refractivity contribution in [2.75, 3.05) is 11.9 Å². The first-order chi connectivity index (χ1) is 13.5. The van der Waals surface area contributed by atoms with E-state index >= 15 is 0 Å². The molecule has 1 saturated carbocycles. The number of hydrogen-bond donors (Lipinski definition) is 4. The van der Waals surface area contributed by atoms with Crippen molar-refractivity contribution in [3.8, 4) is 16.6 Å². The molecule has 2 aromatic heterocycles. The van der Waals surface area contributed by atoms with Crippen LogP contribution in [0.1, 0.15) is 17.9 Å². The van der Waals surface area contributed by atoms with E-state index in [2.05, 4.69) is 20.3 Å². The number of anilines is 1. The van der Waals surface area contributed by atoms with Crippen molar-refractivity contribution in [3.63, 3.8) is 0 Å². The standard InChI is InChI=1S/C19H19N5O3S/c1-9-15(19-23-11-4-2-3-5-13(11)28-19)18(24-14(7-20)21-9)22-12-6-10(8-25)16(26)17(12)27/h2-5,10,12,16-17,25-27H,6,8H2,1H3,(H,21,22,24)/t10-,12-,16-,17+/m1/s1. The highest BCUT2D eigenvalue weighted by atomic mass is 32.1. The molecule has 0 bridgehead atoms. The highest BCUT2D eigenvalue weighted by Crippen LogP contribution is 2.37. The predicted octanol–water partition coefficient (Wildman–Crippen LogP) is 1.45. The maximum absolute atomic E-state index is 10.3. The van der Waals surface area contributed by atoms with Gasteiger partial charge in [-0.1, -0.05) is 12.1 Å². The van der Waals surface area contributed by atoms with Gasteiger partial charge in [0.2, 0.25) is 5.82 Å². The number of nitrogens with zero attached hydrogens (tertiary/aromatic N) is 4. The van der Waals surface area contributed by atoms with Gasteiger partial charge in [-0.25, -0.2) is 15.0 Å². The molecule has 1 aliphatic rings. The lowest BCUT2D eigenvalue weighted by atomic mass is 10.1. The smallest absolute Gasteiger partial charge is 0.234 e. The number of rotatable bonds is 4. The number of para-hydroxylation sites is 1. The Balaban J connectivity index is 1.78. The van der Waals surface area contributed by atoms with E-state index in [1.165, 1.54) is 11.3 Å². The Morgan fingerprint density at radius 1 is 1.21 bits per heavy atom. The zero-order valence-corrected chi connectivity index (χ0v) is 15.9. The van der Waals surface area contributed by atoms with Crippen LogP contribution in [0.5, 0.6) is 0 Å². The van der Waals surface area contributed by atoms with E-state index in [4.69, 9.17) is 0 Å². The van der Waals surface area contributed by atoms with Crippen molar-refractivity contribution in [2.45, 2.75) is 31.6 Å². The van der Waals surface area contributed by atoms with E-state index in [9.17, 15) is 20.6 Å². The van der Waals surface area contributed by atoms with Crippen molar-refractivity contribution in [2.24, 2.45) is 5.92 Å². The maximum atomic E-state index is 10.3. The van der Waals surface area contributed by atoms with Crippen molar-refractivity contribution in [1.82, 2.24) is 15.0 Å². The van der Waals surface area contributed by atoms with Gasteiger partial charge in [0.15, 0.2) is 0 Å². The van der Waals surface area contributed by atoms with Crippen molar-refractivity contribution < 1.29 is 15.3 Å². The number of aliphatic hydroxyl groups excluding tert-OH is 3. The summed E-state index contributed by atoms with van der Waals surface area (Å²) in [7, 11) is 0. The average Bonchev–Trinajstić information content (AvgIpc) is 3.23. The number of nitrogens with one attached hydrogen (secondary N) is 1. The number of aromatic nitrogens is 3. The van der Waals surface area contributed by atoms with E-state index in [1.54, 1.807) is 6.92 Å². The molecule has 9 heteroatoms. The van der Waals surface area contributed by atoms with Gasteiger partial charge in [-0.15, -0.1) is 11.3 Å². The van der Waals surface area contributed by atoms with Crippen LogP contribution in [-0.2, 0) is 0 Å². The molecular formula is C19H19N5O3S. The fourth-order valence-electron chi connectivity index (χ4n) is 3.59. The first kappa shape index (κ1) is 18.7. The lowest BCUT2D eigenvalue weighted by Gasteiger charge is -2.20. The molecule has 3 aromatic rings. The van der Waals surface area contributed by atoms with Gasteiger partial charge in [-0.3, -0.25) is 0 Å². The number of aryl methyl sites for hydroxylation is 1. The van der Waals surface area contributed by atoms with Gasteiger partial charge in [-0.2, -0.15) is 5.26 Å². The van der Waals surface area contributed by atoms with Crippen LogP contribution in [0.25, 0.3) is 20.8 Å². The second-order valence-corrected chi connectivity index (χ2v) is 7.90. The summed E-state index contributed by atoms with van der Waals surface area (Å²) in [6.07, 6.45) is -1.70. The summed E-state index contributed by atoms with van der Waals surface area (Å²) in [5, 5.41) is 43.0. The second kappa shape index (κ2) is 7.41. The van der Waals surface area contributed by atoms with Crippen LogP contribution in [0.4, 0.5) is 5.82 Å². The van der Waals surface area contributed by atoms with Gasteiger partial charge >= 0.3 is 0 Å². The van der Waals surface area contributed by atoms with Gasteiger partial charge in [0.05, 0.1) is 33.6 Å². The van der Waals surface area contributed by atoms with Crippen LogP contribution in [0.15, 0.2) is 24.3 Å². The zero-order valence-electron chi connectivity index (χ0n) is 15.1. The molecule has 8 nitrogen and oxygen atoms in total. The van der Waals surface area contributed by atoms with Crippen LogP contribution >= 0.6 is 11.3 Å². The van der Waals surface area contributed by atoms with Crippen LogP contribution in [-0.4, -0.2) is 55.1 Å². The Kier molecular flexibility index (Phi) is 4.95. The van der Waals surface area contributed by atoms with Gasteiger partial charge in [0.25, 0.3) is 0 Å². The zero-order chi connectivity index (χ0) is 19.8. The number of benzene rings is 1. The Hall–Kier alpha value is -2.64. The third-order valence-electron chi connectivity index (χ3n) is 5.06. The molecule has 0 unspecified atom stereocenters. The van der Waals surface area contributed by atoms with Crippen LogP contribution in [0.3, 0.4) is 0 Å². The topological polar surface area (TPSA) is 135 Å². The molecule has 1 aliphatic carbocycles. The minimum absolute atomic E-state index is 0.0107. The highest BCUT2D eigenvalue weighted by Gasteiger charge is 2.41. The Morgan fingerprint density at radius 3 is 2.68 bits per heavy atom. The predicted molar refractivity (Wildman–Crippen MR) is 105 cm³/mol. The minimum atomic E-state index is -1.05.